The van der Waals surface area contributed by atoms with Gasteiger partial charge in [-0.05, 0) is 44.6 Å². The summed E-state index contributed by atoms with van der Waals surface area (Å²) >= 11 is 0. The first kappa shape index (κ1) is 13.2. The Balaban J connectivity index is 1.53. The molecule has 2 fully saturated rings. The third kappa shape index (κ3) is 3.61. The van der Waals surface area contributed by atoms with E-state index in [1.807, 2.05) is 6.26 Å². The fraction of sp³-hybridized carbons (Fsp3) is 0.750. The Hall–Kier alpha value is -0.800. The highest BCUT2D eigenvalue weighted by atomic mass is 16.3. The lowest BCUT2D eigenvalue weighted by atomic mass is 9.95. The number of piperidine rings is 1. The molecule has 0 amide bonds. The number of hydrogen-bond donors (Lipinski definition) is 1. The topological polar surface area (TPSA) is 28.4 Å². The maximum atomic E-state index is 5.72. The van der Waals surface area contributed by atoms with E-state index in [1.54, 1.807) is 0 Å². The fourth-order valence-corrected chi connectivity index (χ4v) is 2.95. The molecule has 1 aliphatic carbocycles. The minimum Gasteiger partial charge on any atom is -0.468 e. The van der Waals surface area contributed by atoms with Crippen LogP contribution in [0.2, 0.25) is 0 Å². The number of furan rings is 1. The van der Waals surface area contributed by atoms with Gasteiger partial charge in [0.25, 0.3) is 0 Å². The SMILES string of the molecule is CC1CCC(C)N(Cc2cc(CNC3CC3)co2)C1. The highest BCUT2D eigenvalue weighted by Crippen LogP contribution is 2.24. The molecule has 0 spiro atoms. The van der Waals surface area contributed by atoms with Gasteiger partial charge in [-0.3, -0.25) is 4.90 Å². The van der Waals surface area contributed by atoms with Crippen molar-refractivity contribution in [2.24, 2.45) is 5.92 Å². The Bertz CT molecular complexity index is 411. The van der Waals surface area contributed by atoms with Crippen molar-refractivity contribution in [1.82, 2.24) is 10.2 Å². The monoisotopic (exact) mass is 262 g/mol. The van der Waals surface area contributed by atoms with Gasteiger partial charge in [-0.15, -0.1) is 0 Å². The number of hydrogen-bond acceptors (Lipinski definition) is 3. The molecule has 2 heterocycles. The Morgan fingerprint density at radius 3 is 2.89 bits per heavy atom. The van der Waals surface area contributed by atoms with Crippen LogP contribution in [-0.2, 0) is 13.1 Å². The van der Waals surface area contributed by atoms with Gasteiger partial charge >= 0.3 is 0 Å². The van der Waals surface area contributed by atoms with Crippen molar-refractivity contribution < 1.29 is 4.42 Å². The zero-order valence-electron chi connectivity index (χ0n) is 12.2. The molecule has 0 radical (unpaired) electrons. The van der Waals surface area contributed by atoms with E-state index >= 15 is 0 Å². The van der Waals surface area contributed by atoms with Gasteiger partial charge in [-0.2, -0.15) is 0 Å². The van der Waals surface area contributed by atoms with Crippen LogP contribution in [-0.4, -0.2) is 23.5 Å². The fourth-order valence-electron chi connectivity index (χ4n) is 2.95. The lowest BCUT2D eigenvalue weighted by Crippen LogP contribution is -2.40. The Kier molecular flexibility index (Phi) is 3.94. The van der Waals surface area contributed by atoms with Gasteiger partial charge in [0.05, 0.1) is 12.8 Å². The molecule has 3 rings (SSSR count). The van der Waals surface area contributed by atoms with Crippen molar-refractivity contribution in [2.45, 2.75) is 64.7 Å². The largest absolute Gasteiger partial charge is 0.468 e. The van der Waals surface area contributed by atoms with Gasteiger partial charge in [0.15, 0.2) is 0 Å². The zero-order valence-corrected chi connectivity index (χ0v) is 12.2. The van der Waals surface area contributed by atoms with E-state index in [2.05, 4.69) is 30.1 Å². The third-order valence-electron chi connectivity index (χ3n) is 4.49. The number of nitrogens with one attached hydrogen (secondary N) is 1. The number of nitrogens with zero attached hydrogens (tertiary/aromatic N) is 1. The highest BCUT2D eigenvalue weighted by molar-refractivity contribution is 5.13. The van der Waals surface area contributed by atoms with Crippen molar-refractivity contribution in [1.29, 1.82) is 0 Å². The van der Waals surface area contributed by atoms with Crippen LogP contribution in [0, 0.1) is 5.92 Å². The highest BCUT2D eigenvalue weighted by Gasteiger charge is 2.24. The molecule has 0 bridgehead atoms. The summed E-state index contributed by atoms with van der Waals surface area (Å²) in [7, 11) is 0. The Morgan fingerprint density at radius 2 is 2.11 bits per heavy atom. The van der Waals surface area contributed by atoms with Gasteiger partial charge < -0.3 is 9.73 Å². The Labute approximate surface area is 116 Å². The second-order valence-electron chi connectivity index (χ2n) is 6.54. The molecule has 2 aliphatic rings. The summed E-state index contributed by atoms with van der Waals surface area (Å²) < 4.78 is 5.72. The predicted octanol–water partition coefficient (Wildman–Crippen LogP) is 3.15. The average molecular weight is 262 g/mol. The normalized spacial score (nSPS) is 28.7. The van der Waals surface area contributed by atoms with Gasteiger partial charge in [0.2, 0.25) is 0 Å². The van der Waals surface area contributed by atoms with Crippen molar-refractivity contribution in [3.8, 4) is 0 Å². The maximum Gasteiger partial charge on any atom is 0.118 e. The van der Waals surface area contributed by atoms with Crippen LogP contribution >= 0.6 is 0 Å². The van der Waals surface area contributed by atoms with Crippen molar-refractivity contribution in [2.75, 3.05) is 6.54 Å². The molecule has 1 N–H and O–H groups in total. The van der Waals surface area contributed by atoms with E-state index in [0.717, 1.165) is 30.8 Å². The first-order chi connectivity index (χ1) is 9.20. The summed E-state index contributed by atoms with van der Waals surface area (Å²) in [5.41, 5.74) is 1.29. The van der Waals surface area contributed by atoms with E-state index in [4.69, 9.17) is 4.42 Å². The third-order valence-corrected chi connectivity index (χ3v) is 4.49. The van der Waals surface area contributed by atoms with Crippen LogP contribution < -0.4 is 5.32 Å². The van der Waals surface area contributed by atoms with E-state index in [9.17, 15) is 0 Å². The van der Waals surface area contributed by atoms with Crippen LogP contribution in [0.5, 0.6) is 0 Å². The molecule has 1 aromatic rings. The smallest absolute Gasteiger partial charge is 0.118 e. The zero-order chi connectivity index (χ0) is 13.2. The molecule has 1 saturated heterocycles. The Morgan fingerprint density at radius 1 is 1.26 bits per heavy atom. The van der Waals surface area contributed by atoms with Crippen molar-refractivity contribution >= 4 is 0 Å². The summed E-state index contributed by atoms with van der Waals surface area (Å²) in [5.74, 6) is 1.94. The second-order valence-corrected chi connectivity index (χ2v) is 6.54. The molecular formula is C16H26N2O. The number of rotatable bonds is 5. The molecule has 1 saturated carbocycles. The molecule has 2 unspecified atom stereocenters. The van der Waals surface area contributed by atoms with Crippen LogP contribution in [0.3, 0.4) is 0 Å². The minimum absolute atomic E-state index is 0.689. The van der Waals surface area contributed by atoms with Crippen LogP contribution in [0.4, 0.5) is 0 Å². The van der Waals surface area contributed by atoms with Crippen molar-refractivity contribution in [3.05, 3.63) is 23.7 Å². The lowest BCUT2D eigenvalue weighted by molar-refractivity contribution is 0.109. The second kappa shape index (κ2) is 5.68. The molecule has 3 nitrogen and oxygen atoms in total. The standard InChI is InChI=1S/C16H26N2O/c1-12-3-4-13(2)18(9-12)10-16-7-14(11-19-16)8-17-15-5-6-15/h7,11-13,15,17H,3-6,8-10H2,1-2H3. The molecule has 3 heteroatoms. The predicted molar refractivity (Wildman–Crippen MR) is 76.8 cm³/mol. The molecule has 0 aromatic carbocycles. The first-order valence-electron chi connectivity index (χ1n) is 7.74. The molecule has 19 heavy (non-hydrogen) atoms. The van der Waals surface area contributed by atoms with Crippen LogP contribution in [0.25, 0.3) is 0 Å². The van der Waals surface area contributed by atoms with E-state index in [0.29, 0.717) is 6.04 Å². The van der Waals surface area contributed by atoms with E-state index in [1.165, 1.54) is 37.8 Å². The van der Waals surface area contributed by atoms with Gasteiger partial charge in [-0.25, -0.2) is 0 Å². The quantitative estimate of drug-likeness (QED) is 0.883. The molecule has 1 aromatic heterocycles. The summed E-state index contributed by atoms with van der Waals surface area (Å²) in [6.45, 7) is 7.82. The molecule has 2 atom stereocenters. The van der Waals surface area contributed by atoms with Crippen molar-refractivity contribution in [3.63, 3.8) is 0 Å². The minimum atomic E-state index is 0.689. The first-order valence-corrected chi connectivity index (χ1v) is 7.74. The van der Waals surface area contributed by atoms with Crippen LogP contribution in [0.1, 0.15) is 50.9 Å². The summed E-state index contributed by atoms with van der Waals surface area (Å²) in [6, 6.07) is 3.68. The summed E-state index contributed by atoms with van der Waals surface area (Å²) in [5, 5.41) is 3.53. The van der Waals surface area contributed by atoms with Gasteiger partial charge in [-0.1, -0.05) is 6.92 Å². The van der Waals surface area contributed by atoms with E-state index < -0.39 is 0 Å². The molecule has 1 aliphatic heterocycles. The molecular weight excluding hydrogens is 236 g/mol. The van der Waals surface area contributed by atoms with Gasteiger partial charge in [0, 0.05) is 30.7 Å². The average Bonchev–Trinajstić information content (AvgIpc) is 3.12. The summed E-state index contributed by atoms with van der Waals surface area (Å²) in [6.07, 6.45) is 7.29. The number of likely N-dealkylation sites (tertiary alicyclic amines) is 1. The maximum absolute atomic E-state index is 5.72. The van der Waals surface area contributed by atoms with Gasteiger partial charge in [0.1, 0.15) is 5.76 Å². The molecule has 106 valence electrons. The lowest BCUT2D eigenvalue weighted by Gasteiger charge is -2.36. The van der Waals surface area contributed by atoms with E-state index in [-0.39, 0.29) is 0 Å². The van der Waals surface area contributed by atoms with Crippen LogP contribution in [0.15, 0.2) is 16.7 Å². The summed E-state index contributed by atoms with van der Waals surface area (Å²) in [4.78, 5) is 2.56.